The second kappa shape index (κ2) is 5.06. The van der Waals surface area contributed by atoms with E-state index in [-0.39, 0.29) is 0 Å². The molecular formula is C11H14ClN3S. The number of thioether (sulfide) groups is 1. The predicted molar refractivity (Wildman–Crippen MR) is 68.4 cm³/mol. The molecule has 16 heavy (non-hydrogen) atoms. The first-order valence-corrected chi connectivity index (χ1v) is 6.65. The summed E-state index contributed by atoms with van der Waals surface area (Å²) in [5.74, 6) is 0.690. The Balaban J connectivity index is 2.29. The molecule has 86 valence electrons. The lowest BCUT2D eigenvalue weighted by molar-refractivity contribution is 0.885. The third kappa shape index (κ3) is 2.50. The van der Waals surface area contributed by atoms with E-state index in [1.807, 2.05) is 17.6 Å². The van der Waals surface area contributed by atoms with E-state index >= 15 is 0 Å². The molecule has 0 saturated heterocycles. The van der Waals surface area contributed by atoms with Crippen molar-refractivity contribution in [2.24, 2.45) is 0 Å². The fraction of sp³-hybridized carbons (Fsp3) is 0.455. The van der Waals surface area contributed by atoms with Gasteiger partial charge in [0, 0.05) is 23.5 Å². The minimum absolute atomic E-state index is 0.478. The lowest BCUT2D eigenvalue weighted by Gasteiger charge is -2.08. The highest BCUT2D eigenvalue weighted by Crippen LogP contribution is 2.27. The van der Waals surface area contributed by atoms with Crippen LogP contribution in [0.2, 0.25) is 0 Å². The van der Waals surface area contributed by atoms with Gasteiger partial charge < -0.3 is 0 Å². The summed E-state index contributed by atoms with van der Waals surface area (Å²) in [7, 11) is 0. The van der Waals surface area contributed by atoms with E-state index in [1.165, 1.54) is 0 Å². The number of nitrogens with zero attached hydrogens (tertiary/aromatic N) is 3. The van der Waals surface area contributed by atoms with E-state index in [1.54, 1.807) is 18.0 Å². The fourth-order valence-corrected chi connectivity index (χ4v) is 2.98. The molecule has 0 aromatic carbocycles. The van der Waals surface area contributed by atoms with Crippen LogP contribution in [-0.4, -0.2) is 25.7 Å². The van der Waals surface area contributed by atoms with E-state index in [4.69, 9.17) is 11.6 Å². The Morgan fingerprint density at radius 3 is 3.12 bits per heavy atom. The smallest absolute Gasteiger partial charge is 0.122 e. The predicted octanol–water partition coefficient (Wildman–Crippen LogP) is 3.15. The molecule has 5 heteroatoms. The van der Waals surface area contributed by atoms with Crippen molar-refractivity contribution in [2.45, 2.75) is 30.5 Å². The summed E-state index contributed by atoms with van der Waals surface area (Å²) in [6.45, 7) is 4.16. The van der Waals surface area contributed by atoms with Crippen molar-refractivity contribution >= 4 is 28.9 Å². The van der Waals surface area contributed by atoms with E-state index < -0.39 is 0 Å². The van der Waals surface area contributed by atoms with E-state index in [2.05, 4.69) is 23.1 Å². The molecule has 0 aliphatic heterocycles. The second-order valence-corrected chi connectivity index (χ2v) is 5.56. The molecule has 0 saturated carbocycles. The van der Waals surface area contributed by atoms with Gasteiger partial charge in [0.15, 0.2) is 0 Å². The lowest BCUT2D eigenvalue weighted by Crippen LogP contribution is -1.99. The average molecular weight is 256 g/mol. The highest BCUT2D eigenvalue weighted by molar-refractivity contribution is 8.00. The molecule has 0 radical (unpaired) electrons. The first-order chi connectivity index (χ1) is 7.70. The van der Waals surface area contributed by atoms with Gasteiger partial charge in [-0.25, -0.2) is 9.50 Å². The molecule has 0 fully saturated rings. The number of aromatic nitrogens is 3. The Labute approximate surface area is 104 Å². The van der Waals surface area contributed by atoms with Crippen molar-refractivity contribution < 1.29 is 0 Å². The van der Waals surface area contributed by atoms with Crippen LogP contribution < -0.4 is 0 Å². The SMILES string of the molecule is Cc1cc2c(SC(C)CCCl)nccn2n1. The summed E-state index contributed by atoms with van der Waals surface area (Å²) >= 11 is 7.49. The van der Waals surface area contributed by atoms with Gasteiger partial charge in [-0.05, 0) is 19.4 Å². The van der Waals surface area contributed by atoms with E-state index in [0.29, 0.717) is 11.1 Å². The zero-order valence-corrected chi connectivity index (χ0v) is 10.9. The van der Waals surface area contributed by atoms with Gasteiger partial charge in [-0.2, -0.15) is 5.10 Å². The topological polar surface area (TPSA) is 30.2 Å². The van der Waals surface area contributed by atoms with Crippen LogP contribution in [-0.2, 0) is 0 Å². The fourth-order valence-electron chi connectivity index (χ4n) is 1.51. The second-order valence-electron chi connectivity index (χ2n) is 3.75. The third-order valence-corrected chi connectivity index (χ3v) is 3.70. The first-order valence-electron chi connectivity index (χ1n) is 5.24. The zero-order valence-electron chi connectivity index (χ0n) is 9.35. The number of hydrogen-bond donors (Lipinski definition) is 0. The van der Waals surface area contributed by atoms with Gasteiger partial charge in [-0.1, -0.05) is 6.92 Å². The van der Waals surface area contributed by atoms with Crippen LogP contribution in [0.1, 0.15) is 19.0 Å². The van der Waals surface area contributed by atoms with Crippen molar-refractivity contribution in [1.29, 1.82) is 0 Å². The quantitative estimate of drug-likeness (QED) is 0.621. The van der Waals surface area contributed by atoms with Gasteiger partial charge >= 0.3 is 0 Å². The first kappa shape index (κ1) is 11.7. The van der Waals surface area contributed by atoms with Crippen LogP contribution >= 0.6 is 23.4 Å². The molecule has 0 amide bonds. The van der Waals surface area contributed by atoms with Crippen molar-refractivity contribution in [3.05, 3.63) is 24.2 Å². The number of rotatable bonds is 4. The van der Waals surface area contributed by atoms with Crippen molar-refractivity contribution in [1.82, 2.24) is 14.6 Å². The Morgan fingerprint density at radius 2 is 2.38 bits per heavy atom. The Bertz CT molecular complexity index is 483. The lowest BCUT2D eigenvalue weighted by atomic mass is 10.4. The van der Waals surface area contributed by atoms with Crippen LogP contribution in [0.5, 0.6) is 0 Å². The standard InChI is InChI=1S/C11H14ClN3S/c1-8-7-10-11(16-9(2)3-4-12)13-5-6-15(10)14-8/h5-7,9H,3-4H2,1-2H3. The molecular weight excluding hydrogens is 242 g/mol. The number of alkyl halides is 1. The van der Waals surface area contributed by atoms with Gasteiger partial charge in [0.05, 0.1) is 11.2 Å². The molecule has 2 heterocycles. The van der Waals surface area contributed by atoms with E-state index in [9.17, 15) is 0 Å². The van der Waals surface area contributed by atoms with Crippen LogP contribution in [0, 0.1) is 6.92 Å². The molecule has 2 aromatic rings. The van der Waals surface area contributed by atoms with Gasteiger partial charge in [-0.15, -0.1) is 23.4 Å². The summed E-state index contributed by atoms with van der Waals surface area (Å²) in [5.41, 5.74) is 2.09. The highest BCUT2D eigenvalue weighted by Gasteiger charge is 2.10. The monoisotopic (exact) mass is 255 g/mol. The molecule has 3 nitrogen and oxygen atoms in total. The Kier molecular flexibility index (Phi) is 3.71. The van der Waals surface area contributed by atoms with Gasteiger partial charge in [-0.3, -0.25) is 0 Å². The molecule has 1 atom stereocenters. The Morgan fingerprint density at radius 1 is 1.56 bits per heavy atom. The molecule has 2 aromatic heterocycles. The maximum absolute atomic E-state index is 5.73. The highest BCUT2D eigenvalue weighted by atomic mass is 35.5. The summed E-state index contributed by atoms with van der Waals surface area (Å²) in [6.07, 6.45) is 4.65. The largest absolute Gasteiger partial charge is 0.246 e. The molecule has 0 aliphatic rings. The third-order valence-electron chi connectivity index (χ3n) is 2.31. The van der Waals surface area contributed by atoms with Crippen LogP contribution in [0.4, 0.5) is 0 Å². The van der Waals surface area contributed by atoms with Gasteiger partial charge in [0.2, 0.25) is 0 Å². The molecule has 1 unspecified atom stereocenters. The van der Waals surface area contributed by atoms with Crippen LogP contribution in [0.3, 0.4) is 0 Å². The maximum atomic E-state index is 5.73. The minimum Gasteiger partial charge on any atom is -0.246 e. The molecule has 0 aliphatic carbocycles. The zero-order chi connectivity index (χ0) is 11.5. The summed E-state index contributed by atoms with van der Waals surface area (Å²) < 4.78 is 1.87. The molecule has 0 bridgehead atoms. The summed E-state index contributed by atoms with van der Waals surface area (Å²) in [4.78, 5) is 4.40. The van der Waals surface area contributed by atoms with Crippen LogP contribution in [0.25, 0.3) is 5.52 Å². The van der Waals surface area contributed by atoms with Crippen molar-refractivity contribution in [3.8, 4) is 0 Å². The molecule has 2 rings (SSSR count). The average Bonchev–Trinajstić information content (AvgIpc) is 2.60. The van der Waals surface area contributed by atoms with Gasteiger partial charge in [0.1, 0.15) is 5.03 Å². The normalized spacial score (nSPS) is 13.2. The molecule has 0 N–H and O–H groups in total. The number of halogens is 1. The van der Waals surface area contributed by atoms with E-state index in [0.717, 1.165) is 22.7 Å². The number of aryl methyl sites for hydroxylation is 1. The van der Waals surface area contributed by atoms with Crippen LogP contribution in [0.15, 0.2) is 23.5 Å². The minimum atomic E-state index is 0.478. The number of fused-ring (bicyclic) bond motifs is 1. The number of hydrogen-bond acceptors (Lipinski definition) is 3. The van der Waals surface area contributed by atoms with Gasteiger partial charge in [0.25, 0.3) is 0 Å². The Hall–Kier alpha value is -0.740. The maximum Gasteiger partial charge on any atom is 0.122 e. The van der Waals surface area contributed by atoms with Crippen molar-refractivity contribution in [3.63, 3.8) is 0 Å². The molecule has 0 spiro atoms. The summed E-state index contributed by atoms with van der Waals surface area (Å²) in [5, 5.41) is 5.87. The summed E-state index contributed by atoms with van der Waals surface area (Å²) in [6, 6.07) is 2.06. The van der Waals surface area contributed by atoms with Crippen molar-refractivity contribution in [2.75, 3.05) is 5.88 Å².